The normalized spacial score (nSPS) is 15.2. The Kier molecular flexibility index (Phi) is 4.58. The molecule has 1 N–H and O–H groups in total. The second kappa shape index (κ2) is 6.80. The number of aryl methyl sites for hydroxylation is 1. The van der Waals surface area contributed by atoms with Crippen LogP contribution in [0.15, 0.2) is 30.5 Å². The fourth-order valence-electron chi connectivity index (χ4n) is 2.78. The first-order valence-corrected chi connectivity index (χ1v) is 8.46. The van der Waals surface area contributed by atoms with Crippen LogP contribution < -0.4 is 10.2 Å². The smallest absolute Gasteiger partial charge is 0.261 e. The maximum atomic E-state index is 12.2. The number of rotatable bonds is 3. The van der Waals surface area contributed by atoms with E-state index in [0.717, 1.165) is 41.5 Å². The van der Waals surface area contributed by atoms with Gasteiger partial charge in [0.1, 0.15) is 11.9 Å². The average molecular weight is 326 g/mol. The van der Waals surface area contributed by atoms with Gasteiger partial charge in [-0.1, -0.05) is 0 Å². The lowest BCUT2D eigenvalue weighted by molar-refractivity contribution is 0.0935. The fourth-order valence-corrected chi connectivity index (χ4v) is 3.56. The number of pyridine rings is 1. The fraction of sp³-hybridized carbons (Fsp3) is 0.353. The molecule has 0 aromatic carbocycles. The first kappa shape index (κ1) is 15.5. The summed E-state index contributed by atoms with van der Waals surface area (Å²) in [6.07, 6.45) is 3.43. The molecule has 6 heteroatoms. The van der Waals surface area contributed by atoms with Crippen molar-refractivity contribution in [3.8, 4) is 6.07 Å². The predicted molar refractivity (Wildman–Crippen MR) is 90.7 cm³/mol. The standard InChI is InChI=1S/C17H18N4OS/c1-12-4-5-15(23-12)17(22)20-14-6-9-21(10-7-14)16-13(11-18)3-2-8-19-16/h2-5,8,14H,6-7,9-10H2,1H3,(H,20,22). The van der Waals surface area contributed by atoms with Gasteiger partial charge in [0.05, 0.1) is 10.4 Å². The summed E-state index contributed by atoms with van der Waals surface area (Å²) in [7, 11) is 0. The molecule has 0 unspecified atom stereocenters. The Morgan fingerprint density at radius 2 is 2.17 bits per heavy atom. The van der Waals surface area contributed by atoms with Crippen molar-refractivity contribution in [1.29, 1.82) is 5.26 Å². The Balaban J connectivity index is 1.58. The summed E-state index contributed by atoms with van der Waals surface area (Å²) in [4.78, 5) is 20.6. The third-order valence-corrected chi connectivity index (χ3v) is 5.00. The van der Waals surface area contributed by atoms with E-state index in [-0.39, 0.29) is 11.9 Å². The monoisotopic (exact) mass is 326 g/mol. The number of nitriles is 1. The molecule has 1 saturated heterocycles. The van der Waals surface area contributed by atoms with Crippen molar-refractivity contribution in [3.63, 3.8) is 0 Å². The number of hydrogen-bond donors (Lipinski definition) is 1. The number of nitrogens with one attached hydrogen (secondary N) is 1. The lowest BCUT2D eigenvalue weighted by atomic mass is 10.0. The highest BCUT2D eigenvalue weighted by Gasteiger charge is 2.23. The maximum Gasteiger partial charge on any atom is 0.261 e. The van der Waals surface area contributed by atoms with Crippen molar-refractivity contribution in [2.75, 3.05) is 18.0 Å². The van der Waals surface area contributed by atoms with Crippen LogP contribution in [0.25, 0.3) is 0 Å². The highest BCUT2D eigenvalue weighted by atomic mass is 32.1. The van der Waals surface area contributed by atoms with Crippen LogP contribution in [0, 0.1) is 18.3 Å². The van der Waals surface area contributed by atoms with E-state index in [1.165, 1.54) is 11.3 Å². The second-order valence-electron chi connectivity index (χ2n) is 5.63. The number of thiophene rings is 1. The van der Waals surface area contributed by atoms with Gasteiger partial charge in [-0.15, -0.1) is 11.3 Å². The van der Waals surface area contributed by atoms with Crippen molar-refractivity contribution in [3.05, 3.63) is 45.8 Å². The van der Waals surface area contributed by atoms with E-state index in [4.69, 9.17) is 0 Å². The molecule has 2 aromatic rings. The Bertz CT molecular complexity index is 741. The molecule has 3 rings (SSSR count). The summed E-state index contributed by atoms with van der Waals surface area (Å²) in [5.41, 5.74) is 0.601. The van der Waals surface area contributed by atoms with E-state index >= 15 is 0 Å². The summed E-state index contributed by atoms with van der Waals surface area (Å²) in [5.74, 6) is 0.755. The van der Waals surface area contributed by atoms with Gasteiger partial charge in [-0.3, -0.25) is 4.79 Å². The Hall–Kier alpha value is -2.39. The highest BCUT2D eigenvalue weighted by Crippen LogP contribution is 2.22. The molecule has 0 atom stereocenters. The quantitative estimate of drug-likeness (QED) is 0.941. The Morgan fingerprint density at radius 1 is 1.39 bits per heavy atom. The number of nitrogens with zero attached hydrogens (tertiary/aromatic N) is 3. The lowest BCUT2D eigenvalue weighted by Gasteiger charge is -2.33. The van der Waals surface area contributed by atoms with Crippen molar-refractivity contribution in [2.45, 2.75) is 25.8 Å². The first-order chi connectivity index (χ1) is 11.2. The summed E-state index contributed by atoms with van der Waals surface area (Å²) in [6.45, 7) is 3.58. The van der Waals surface area contributed by atoms with E-state index in [1.807, 2.05) is 19.1 Å². The van der Waals surface area contributed by atoms with Crippen LogP contribution in [0.1, 0.15) is 33.0 Å². The van der Waals surface area contributed by atoms with Gasteiger partial charge in [-0.05, 0) is 44.0 Å². The van der Waals surface area contributed by atoms with Gasteiger partial charge in [0, 0.05) is 30.2 Å². The maximum absolute atomic E-state index is 12.2. The van der Waals surface area contributed by atoms with Gasteiger partial charge in [0.15, 0.2) is 0 Å². The van der Waals surface area contributed by atoms with E-state index in [9.17, 15) is 10.1 Å². The Morgan fingerprint density at radius 3 is 2.83 bits per heavy atom. The van der Waals surface area contributed by atoms with Crippen LogP contribution in [0.2, 0.25) is 0 Å². The van der Waals surface area contributed by atoms with Crippen LogP contribution >= 0.6 is 11.3 Å². The molecule has 0 saturated carbocycles. The number of amides is 1. The summed E-state index contributed by atoms with van der Waals surface area (Å²) < 4.78 is 0. The SMILES string of the molecule is Cc1ccc(C(=O)NC2CCN(c3ncccc3C#N)CC2)s1. The third-order valence-electron chi connectivity index (χ3n) is 4.00. The molecule has 0 bridgehead atoms. The second-order valence-corrected chi connectivity index (χ2v) is 6.92. The molecule has 0 aliphatic carbocycles. The first-order valence-electron chi connectivity index (χ1n) is 7.65. The number of aromatic nitrogens is 1. The van der Waals surface area contributed by atoms with E-state index < -0.39 is 0 Å². The minimum absolute atomic E-state index is 0.0112. The molecule has 118 valence electrons. The van der Waals surface area contributed by atoms with Crippen LogP contribution in [-0.4, -0.2) is 30.0 Å². The minimum Gasteiger partial charge on any atom is -0.355 e. The number of hydrogen-bond acceptors (Lipinski definition) is 5. The van der Waals surface area contributed by atoms with Gasteiger partial charge < -0.3 is 10.2 Å². The van der Waals surface area contributed by atoms with Gasteiger partial charge in [0.2, 0.25) is 0 Å². The predicted octanol–water partition coefficient (Wildman–Crippen LogP) is 2.72. The number of carbonyl (C=O) groups is 1. The molecule has 5 nitrogen and oxygen atoms in total. The van der Waals surface area contributed by atoms with Gasteiger partial charge >= 0.3 is 0 Å². The van der Waals surface area contributed by atoms with E-state index in [1.54, 1.807) is 18.3 Å². The van der Waals surface area contributed by atoms with Crippen molar-refractivity contribution in [1.82, 2.24) is 10.3 Å². The van der Waals surface area contributed by atoms with Crippen LogP contribution in [0.3, 0.4) is 0 Å². The number of carbonyl (C=O) groups excluding carboxylic acids is 1. The topological polar surface area (TPSA) is 69.0 Å². The molecule has 3 heterocycles. The molecule has 1 aliphatic rings. The summed E-state index contributed by atoms with van der Waals surface area (Å²) in [6, 6.07) is 9.76. The molecule has 1 fully saturated rings. The zero-order valence-corrected chi connectivity index (χ0v) is 13.8. The third kappa shape index (κ3) is 3.51. The van der Waals surface area contributed by atoms with Crippen molar-refractivity contribution in [2.24, 2.45) is 0 Å². The molecule has 1 amide bonds. The number of anilines is 1. The zero-order valence-electron chi connectivity index (χ0n) is 13.0. The van der Waals surface area contributed by atoms with Gasteiger partial charge in [0.25, 0.3) is 5.91 Å². The lowest BCUT2D eigenvalue weighted by Crippen LogP contribution is -2.45. The van der Waals surface area contributed by atoms with E-state index in [0.29, 0.717) is 5.56 Å². The molecule has 2 aromatic heterocycles. The molecule has 0 radical (unpaired) electrons. The largest absolute Gasteiger partial charge is 0.355 e. The van der Waals surface area contributed by atoms with Gasteiger partial charge in [-0.25, -0.2) is 4.98 Å². The van der Waals surface area contributed by atoms with Crippen LogP contribution in [0.4, 0.5) is 5.82 Å². The number of piperidine rings is 1. The van der Waals surface area contributed by atoms with Crippen LogP contribution in [0.5, 0.6) is 0 Å². The van der Waals surface area contributed by atoms with Gasteiger partial charge in [-0.2, -0.15) is 5.26 Å². The van der Waals surface area contributed by atoms with Crippen molar-refractivity contribution >= 4 is 23.1 Å². The molecule has 0 spiro atoms. The highest BCUT2D eigenvalue weighted by molar-refractivity contribution is 7.13. The molecule has 1 aliphatic heterocycles. The summed E-state index contributed by atoms with van der Waals surface area (Å²) in [5, 5.41) is 12.3. The van der Waals surface area contributed by atoms with Crippen molar-refractivity contribution < 1.29 is 4.79 Å². The van der Waals surface area contributed by atoms with Crippen LogP contribution in [-0.2, 0) is 0 Å². The summed E-state index contributed by atoms with van der Waals surface area (Å²) >= 11 is 1.52. The zero-order chi connectivity index (χ0) is 16.2. The molecule has 23 heavy (non-hydrogen) atoms. The minimum atomic E-state index is 0.0112. The molecular weight excluding hydrogens is 308 g/mol. The Labute approximate surface area is 139 Å². The average Bonchev–Trinajstić information content (AvgIpc) is 3.02. The molecular formula is C17H18N4OS. The van der Waals surface area contributed by atoms with E-state index in [2.05, 4.69) is 21.3 Å².